The maximum absolute atomic E-state index is 12.2. The van der Waals surface area contributed by atoms with E-state index in [9.17, 15) is 18.5 Å². The third-order valence-corrected chi connectivity index (χ3v) is 4.72. The van der Waals surface area contributed by atoms with E-state index in [1.807, 2.05) is 0 Å². The maximum Gasteiger partial charge on any atom is 0.294 e. The Morgan fingerprint density at radius 1 is 1.33 bits per heavy atom. The lowest BCUT2D eigenvalue weighted by Crippen LogP contribution is -2.14. The van der Waals surface area contributed by atoms with E-state index in [4.69, 9.17) is 11.6 Å². The zero-order valence-electron chi connectivity index (χ0n) is 10.2. The molecule has 110 valence electrons. The molecule has 0 amide bonds. The quantitative estimate of drug-likeness (QED) is 0.489. The third kappa shape index (κ3) is 3.49. The first-order valence-electron chi connectivity index (χ1n) is 5.38. The summed E-state index contributed by atoms with van der Waals surface area (Å²) in [5.41, 5.74) is -0.545. The van der Waals surface area contributed by atoms with E-state index in [1.54, 1.807) is 0 Å². The number of anilines is 1. The van der Waals surface area contributed by atoms with Crippen molar-refractivity contribution in [2.45, 2.75) is 4.90 Å². The summed E-state index contributed by atoms with van der Waals surface area (Å²) < 4.78 is 27.0. The normalized spacial score (nSPS) is 11.1. The highest BCUT2D eigenvalue weighted by atomic mass is 79.9. The number of hydrogen-bond donors (Lipinski definition) is 1. The molecule has 0 atom stereocenters. The van der Waals surface area contributed by atoms with Gasteiger partial charge in [-0.1, -0.05) is 27.5 Å². The summed E-state index contributed by atoms with van der Waals surface area (Å²) in [5, 5.41) is 10.8. The summed E-state index contributed by atoms with van der Waals surface area (Å²) >= 11 is 8.82. The third-order valence-electron chi connectivity index (χ3n) is 2.42. The Morgan fingerprint density at radius 3 is 2.67 bits per heavy atom. The summed E-state index contributed by atoms with van der Waals surface area (Å²) in [7, 11) is -4.08. The molecular formula is C11H7BrClN3O4S. The Morgan fingerprint density at radius 2 is 2.05 bits per heavy atom. The Hall–Kier alpha value is -1.71. The highest BCUT2D eigenvalue weighted by molar-refractivity contribution is 9.10. The zero-order chi connectivity index (χ0) is 15.6. The molecule has 0 bridgehead atoms. The Kier molecular flexibility index (Phi) is 4.45. The van der Waals surface area contributed by atoms with Crippen LogP contribution in [0.5, 0.6) is 0 Å². The van der Waals surface area contributed by atoms with Crippen molar-refractivity contribution in [2.24, 2.45) is 0 Å². The molecule has 0 saturated heterocycles. The molecule has 0 aliphatic carbocycles. The van der Waals surface area contributed by atoms with Crippen LogP contribution in [0, 0.1) is 10.1 Å². The van der Waals surface area contributed by atoms with Crippen LogP contribution in [0.25, 0.3) is 0 Å². The standard InChI is InChI=1S/C11H7BrClN3O4S/c12-7-3-4-8(9(6-7)16(17)18)15-21(19,20)10-2-1-5-14-11(10)13/h1-6,15H. The number of nitro groups is 1. The van der Waals surface area contributed by atoms with Gasteiger partial charge in [0.2, 0.25) is 0 Å². The summed E-state index contributed by atoms with van der Waals surface area (Å²) in [6.45, 7) is 0. The molecule has 0 saturated carbocycles. The van der Waals surface area contributed by atoms with Crippen molar-refractivity contribution in [3.63, 3.8) is 0 Å². The van der Waals surface area contributed by atoms with Gasteiger partial charge in [-0.05, 0) is 24.3 Å². The van der Waals surface area contributed by atoms with E-state index in [1.165, 1.54) is 36.5 Å². The molecule has 0 unspecified atom stereocenters. The summed E-state index contributed by atoms with van der Waals surface area (Å²) in [6, 6.07) is 6.61. The molecule has 0 fully saturated rings. The van der Waals surface area contributed by atoms with Crippen LogP contribution in [0.3, 0.4) is 0 Å². The van der Waals surface area contributed by atoms with Crippen LogP contribution in [0.15, 0.2) is 45.9 Å². The average molecular weight is 393 g/mol. The van der Waals surface area contributed by atoms with Crippen LogP contribution in [-0.4, -0.2) is 18.3 Å². The number of nitrogens with zero attached hydrogens (tertiary/aromatic N) is 2. The van der Waals surface area contributed by atoms with Crippen LogP contribution in [-0.2, 0) is 10.0 Å². The van der Waals surface area contributed by atoms with Gasteiger partial charge in [0.05, 0.1) is 4.92 Å². The van der Waals surface area contributed by atoms with E-state index in [0.29, 0.717) is 4.47 Å². The van der Waals surface area contributed by atoms with Gasteiger partial charge in [-0.15, -0.1) is 0 Å². The highest BCUT2D eigenvalue weighted by Crippen LogP contribution is 2.30. The van der Waals surface area contributed by atoms with Gasteiger partial charge < -0.3 is 0 Å². The van der Waals surface area contributed by atoms with Crippen molar-refractivity contribution in [1.82, 2.24) is 4.98 Å². The molecule has 1 aromatic heterocycles. The van der Waals surface area contributed by atoms with Crippen LogP contribution < -0.4 is 4.72 Å². The molecule has 2 rings (SSSR count). The summed E-state index contributed by atoms with van der Waals surface area (Å²) in [4.78, 5) is 13.7. The van der Waals surface area contributed by atoms with Gasteiger partial charge in [0.15, 0.2) is 0 Å². The fourth-order valence-corrected chi connectivity index (χ4v) is 3.39. The molecule has 0 spiro atoms. The fourth-order valence-electron chi connectivity index (χ4n) is 1.51. The predicted octanol–water partition coefficient (Wildman–Crippen LogP) is 3.21. The molecule has 21 heavy (non-hydrogen) atoms. The lowest BCUT2D eigenvalue weighted by Gasteiger charge is -2.09. The first-order valence-corrected chi connectivity index (χ1v) is 8.04. The smallest absolute Gasteiger partial charge is 0.273 e. The van der Waals surface area contributed by atoms with Crippen molar-refractivity contribution < 1.29 is 13.3 Å². The van der Waals surface area contributed by atoms with E-state index in [2.05, 4.69) is 25.6 Å². The van der Waals surface area contributed by atoms with Gasteiger partial charge in [-0.3, -0.25) is 14.8 Å². The lowest BCUT2D eigenvalue weighted by atomic mass is 10.3. The maximum atomic E-state index is 12.2. The van der Waals surface area contributed by atoms with Crippen molar-refractivity contribution in [3.05, 3.63) is 56.3 Å². The van der Waals surface area contributed by atoms with Crippen LogP contribution in [0.4, 0.5) is 11.4 Å². The zero-order valence-corrected chi connectivity index (χ0v) is 13.3. The van der Waals surface area contributed by atoms with E-state index in [-0.39, 0.29) is 21.4 Å². The minimum absolute atomic E-state index is 0.164. The molecule has 2 aromatic rings. The van der Waals surface area contributed by atoms with Crippen molar-refractivity contribution in [2.75, 3.05) is 4.72 Å². The van der Waals surface area contributed by atoms with Gasteiger partial charge in [-0.25, -0.2) is 13.4 Å². The van der Waals surface area contributed by atoms with Gasteiger partial charge in [0.1, 0.15) is 15.7 Å². The topological polar surface area (TPSA) is 102 Å². The van der Waals surface area contributed by atoms with Crippen LogP contribution >= 0.6 is 27.5 Å². The number of nitro benzene ring substituents is 1. The van der Waals surface area contributed by atoms with Crippen LogP contribution in [0.2, 0.25) is 5.15 Å². The average Bonchev–Trinajstić information content (AvgIpc) is 2.40. The van der Waals surface area contributed by atoms with E-state index in [0.717, 1.165) is 0 Å². The molecule has 10 heteroatoms. The Labute approximate surface area is 133 Å². The van der Waals surface area contributed by atoms with Gasteiger partial charge in [0, 0.05) is 16.7 Å². The van der Waals surface area contributed by atoms with E-state index < -0.39 is 14.9 Å². The number of halogens is 2. The first kappa shape index (κ1) is 15.7. The van der Waals surface area contributed by atoms with Crippen molar-refractivity contribution in [3.8, 4) is 0 Å². The number of sulfonamides is 1. The molecular weight excluding hydrogens is 386 g/mol. The molecule has 0 aliphatic heterocycles. The van der Waals surface area contributed by atoms with Gasteiger partial charge >= 0.3 is 0 Å². The molecule has 1 heterocycles. The Balaban J connectivity index is 2.47. The second-order valence-electron chi connectivity index (χ2n) is 3.82. The molecule has 0 radical (unpaired) electrons. The number of nitrogens with one attached hydrogen (secondary N) is 1. The monoisotopic (exact) mass is 391 g/mol. The minimum Gasteiger partial charge on any atom is -0.273 e. The second kappa shape index (κ2) is 5.96. The van der Waals surface area contributed by atoms with Crippen molar-refractivity contribution in [1.29, 1.82) is 0 Å². The number of hydrogen-bond acceptors (Lipinski definition) is 5. The fraction of sp³-hybridized carbons (Fsp3) is 0. The summed E-state index contributed by atoms with van der Waals surface area (Å²) in [5.74, 6) is 0. The largest absolute Gasteiger partial charge is 0.294 e. The van der Waals surface area contributed by atoms with Crippen LogP contribution in [0.1, 0.15) is 0 Å². The predicted molar refractivity (Wildman–Crippen MR) is 80.9 cm³/mol. The second-order valence-corrected chi connectivity index (χ2v) is 6.74. The Bertz CT molecular complexity index is 813. The number of rotatable bonds is 4. The first-order chi connectivity index (χ1) is 9.81. The molecule has 7 nitrogen and oxygen atoms in total. The molecule has 1 N–H and O–H groups in total. The van der Waals surface area contributed by atoms with Gasteiger partial charge in [-0.2, -0.15) is 0 Å². The number of pyridine rings is 1. The number of benzene rings is 1. The molecule has 1 aromatic carbocycles. The SMILES string of the molecule is O=[N+]([O-])c1cc(Br)ccc1NS(=O)(=O)c1cccnc1Cl. The molecule has 0 aliphatic rings. The number of aromatic nitrogens is 1. The van der Waals surface area contributed by atoms with E-state index >= 15 is 0 Å². The summed E-state index contributed by atoms with van der Waals surface area (Å²) in [6.07, 6.45) is 1.34. The highest BCUT2D eigenvalue weighted by Gasteiger charge is 2.23. The minimum atomic E-state index is -4.08. The van der Waals surface area contributed by atoms with Gasteiger partial charge in [0.25, 0.3) is 15.7 Å². The van der Waals surface area contributed by atoms with Crippen molar-refractivity contribution >= 4 is 48.9 Å². The lowest BCUT2D eigenvalue weighted by molar-refractivity contribution is -0.384.